The van der Waals surface area contributed by atoms with Crippen molar-refractivity contribution in [3.8, 4) is 5.75 Å². The highest BCUT2D eigenvalue weighted by Gasteiger charge is 2.12. The van der Waals surface area contributed by atoms with Crippen LogP contribution in [0.4, 0.5) is 17.1 Å². The summed E-state index contributed by atoms with van der Waals surface area (Å²) in [5, 5.41) is 2.10. The fourth-order valence-corrected chi connectivity index (χ4v) is 4.97. The molecule has 4 rings (SSSR count). The Balaban J connectivity index is 0.00000134. The molecule has 4 aromatic rings. The second-order valence-corrected chi connectivity index (χ2v) is 9.98. The Bertz CT molecular complexity index is 1300. The molecule has 0 saturated heterocycles. The van der Waals surface area contributed by atoms with Gasteiger partial charge < -0.3 is 9.64 Å². The molecule has 0 unspecified atom stereocenters. The number of nitrogens with zero attached hydrogens (tertiary/aromatic N) is 1. The lowest BCUT2D eigenvalue weighted by molar-refractivity contribution is 0.415. The first-order valence-electron chi connectivity index (χ1n) is 14.0. The number of anilines is 3. The van der Waals surface area contributed by atoms with Crippen LogP contribution < -0.4 is 9.64 Å². The van der Waals surface area contributed by atoms with Gasteiger partial charge in [-0.25, -0.2) is 0 Å². The number of ether oxygens (including phenoxy) is 1. The molecule has 0 amide bonds. The molecule has 0 saturated carbocycles. The minimum absolute atomic E-state index is 0.845. The minimum Gasteiger partial charge on any atom is -0.497 e. The van der Waals surface area contributed by atoms with Gasteiger partial charge in [-0.2, -0.15) is 0 Å². The average molecular weight is 570 g/mol. The van der Waals surface area contributed by atoms with Gasteiger partial charge >= 0.3 is 0 Å². The lowest BCUT2D eigenvalue weighted by atomic mass is 10.1. The Labute approximate surface area is 250 Å². The third-order valence-electron chi connectivity index (χ3n) is 5.70. The number of hydrogen-bond donors (Lipinski definition) is 0. The van der Waals surface area contributed by atoms with Crippen LogP contribution in [0.15, 0.2) is 107 Å². The molecule has 4 heteroatoms. The maximum atomic E-state index is 5.38. The first-order valence-corrected chi connectivity index (χ1v) is 16.1. The first-order chi connectivity index (χ1) is 19.7. The molecule has 0 fully saturated rings. The van der Waals surface area contributed by atoms with Crippen LogP contribution in [0.3, 0.4) is 0 Å². The van der Waals surface area contributed by atoms with Crippen LogP contribution in [0.2, 0.25) is 0 Å². The van der Waals surface area contributed by atoms with Crippen LogP contribution in [-0.4, -0.2) is 13.4 Å². The standard InChI is InChI=1S/C32H31NOS2.2C2H6/c1-4-6-31(35-3)22-12-25-8-14-27(15-9-25)33(29-18-20-30(34-2)21-19-29)28-16-10-26(11-17-28)13-23-32-7-5-24-36-32;2*1-2/h5-24H,4H2,1-3H3;2*1-2H3/b22-12+,23-13+,31-6-;;. The van der Waals surface area contributed by atoms with Gasteiger partial charge in [-0.3, -0.25) is 0 Å². The van der Waals surface area contributed by atoms with Gasteiger partial charge in [0.25, 0.3) is 0 Å². The summed E-state index contributed by atoms with van der Waals surface area (Å²) in [4.78, 5) is 4.81. The molecule has 0 bridgehead atoms. The molecule has 2 nitrogen and oxygen atoms in total. The zero-order valence-corrected chi connectivity index (χ0v) is 26.6. The molecule has 0 aliphatic heterocycles. The Morgan fingerprint density at radius 3 is 1.73 bits per heavy atom. The van der Waals surface area contributed by atoms with Crippen molar-refractivity contribution in [2.24, 2.45) is 0 Å². The predicted octanol–water partition coefficient (Wildman–Crippen LogP) is 12.1. The fraction of sp³-hybridized carbons (Fsp3) is 0.222. The van der Waals surface area contributed by atoms with Gasteiger partial charge in [0.2, 0.25) is 0 Å². The molecule has 0 N–H and O–H groups in total. The van der Waals surface area contributed by atoms with E-state index in [1.807, 2.05) is 39.8 Å². The van der Waals surface area contributed by atoms with Crippen molar-refractivity contribution >= 4 is 58.4 Å². The Morgan fingerprint density at radius 1 is 0.750 bits per heavy atom. The maximum Gasteiger partial charge on any atom is 0.119 e. The summed E-state index contributed by atoms with van der Waals surface area (Å²) in [5.74, 6) is 0.845. The van der Waals surface area contributed by atoms with Crippen molar-refractivity contribution in [2.45, 2.75) is 41.0 Å². The molecule has 210 valence electrons. The van der Waals surface area contributed by atoms with E-state index in [9.17, 15) is 0 Å². The summed E-state index contributed by atoms with van der Waals surface area (Å²) in [6.45, 7) is 10.2. The first kappa shape index (κ1) is 32.7. The summed E-state index contributed by atoms with van der Waals surface area (Å²) in [5.41, 5.74) is 5.64. The molecular formula is C36H43NOS2. The van der Waals surface area contributed by atoms with Crippen LogP contribution in [0.5, 0.6) is 5.75 Å². The fourth-order valence-electron chi connectivity index (χ4n) is 3.81. The molecule has 0 spiro atoms. The summed E-state index contributed by atoms with van der Waals surface area (Å²) in [7, 11) is 1.69. The summed E-state index contributed by atoms with van der Waals surface area (Å²) >= 11 is 3.52. The van der Waals surface area contributed by atoms with E-state index in [4.69, 9.17) is 4.74 Å². The minimum atomic E-state index is 0.845. The van der Waals surface area contributed by atoms with E-state index in [1.54, 1.807) is 30.2 Å². The quantitative estimate of drug-likeness (QED) is 0.176. The molecule has 1 aromatic heterocycles. The molecule has 0 atom stereocenters. The lowest BCUT2D eigenvalue weighted by Gasteiger charge is -2.26. The summed E-state index contributed by atoms with van der Waals surface area (Å²) in [6, 6.07) is 29.8. The number of thiophene rings is 1. The van der Waals surface area contributed by atoms with Crippen molar-refractivity contribution in [1.82, 2.24) is 0 Å². The number of hydrogen-bond acceptors (Lipinski definition) is 4. The van der Waals surface area contributed by atoms with Crippen molar-refractivity contribution in [1.29, 1.82) is 0 Å². The van der Waals surface area contributed by atoms with Gasteiger partial charge in [-0.1, -0.05) is 83.2 Å². The number of rotatable bonds is 10. The third-order valence-corrected chi connectivity index (χ3v) is 7.31. The largest absolute Gasteiger partial charge is 0.497 e. The van der Waals surface area contributed by atoms with Gasteiger partial charge in [0.05, 0.1) is 7.11 Å². The smallest absolute Gasteiger partial charge is 0.119 e. The Kier molecular flexibility index (Phi) is 15.3. The molecule has 3 aromatic carbocycles. The Hall–Kier alpha value is -3.47. The second kappa shape index (κ2) is 18.8. The second-order valence-electron chi connectivity index (χ2n) is 8.12. The normalized spacial score (nSPS) is 11.0. The van der Waals surface area contributed by atoms with Crippen molar-refractivity contribution in [3.63, 3.8) is 0 Å². The van der Waals surface area contributed by atoms with E-state index < -0.39 is 0 Å². The zero-order valence-electron chi connectivity index (χ0n) is 24.9. The van der Waals surface area contributed by atoms with Gasteiger partial charge in [0, 0.05) is 26.8 Å². The molecular weight excluding hydrogens is 527 g/mol. The molecule has 0 radical (unpaired) electrons. The third kappa shape index (κ3) is 9.93. The lowest BCUT2D eigenvalue weighted by Crippen LogP contribution is -2.09. The highest BCUT2D eigenvalue weighted by Crippen LogP contribution is 2.36. The molecule has 1 heterocycles. The molecule has 0 aliphatic carbocycles. The molecule has 40 heavy (non-hydrogen) atoms. The van der Waals surface area contributed by atoms with Crippen LogP contribution in [0.1, 0.15) is 57.0 Å². The number of allylic oxidation sites excluding steroid dienone is 2. The predicted molar refractivity (Wildman–Crippen MR) is 185 cm³/mol. The topological polar surface area (TPSA) is 12.5 Å². The van der Waals surface area contributed by atoms with Crippen molar-refractivity contribution in [3.05, 3.63) is 123 Å². The zero-order chi connectivity index (χ0) is 29.2. The van der Waals surface area contributed by atoms with E-state index in [0.717, 1.165) is 29.2 Å². The van der Waals surface area contributed by atoms with E-state index in [2.05, 4.69) is 127 Å². The van der Waals surface area contributed by atoms with E-state index >= 15 is 0 Å². The number of methoxy groups -OCH3 is 1. The van der Waals surface area contributed by atoms with Crippen LogP contribution in [0, 0.1) is 0 Å². The highest BCUT2D eigenvalue weighted by molar-refractivity contribution is 8.02. The van der Waals surface area contributed by atoms with Crippen molar-refractivity contribution < 1.29 is 4.74 Å². The number of benzene rings is 3. The van der Waals surface area contributed by atoms with E-state index in [-0.39, 0.29) is 0 Å². The number of thioether (sulfide) groups is 1. The average Bonchev–Trinajstić information content (AvgIpc) is 3.56. The molecule has 0 aliphatic rings. The van der Waals surface area contributed by atoms with E-state index in [0.29, 0.717) is 0 Å². The SMILES string of the molecule is CC.CC.CC/C=C(/C=C/c1ccc(N(c2ccc(/C=C/c3cccs3)cc2)c2ccc(OC)cc2)cc1)SC. The Morgan fingerprint density at radius 2 is 1.27 bits per heavy atom. The van der Waals surface area contributed by atoms with Crippen LogP contribution >= 0.6 is 23.1 Å². The monoisotopic (exact) mass is 569 g/mol. The van der Waals surface area contributed by atoms with Gasteiger partial charge in [-0.05, 0) is 95.9 Å². The van der Waals surface area contributed by atoms with Crippen LogP contribution in [0.25, 0.3) is 18.2 Å². The summed E-state index contributed by atoms with van der Waals surface area (Å²) in [6.07, 6.45) is 14.1. The van der Waals surface area contributed by atoms with Gasteiger partial charge in [0.1, 0.15) is 5.75 Å². The van der Waals surface area contributed by atoms with Gasteiger partial charge in [0.15, 0.2) is 0 Å². The van der Waals surface area contributed by atoms with Gasteiger partial charge in [-0.15, -0.1) is 23.1 Å². The summed E-state index contributed by atoms with van der Waals surface area (Å²) < 4.78 is 5.38. The van der Waals surface area contributed by atoms with E-state index in [1.165, 1.54) is 20.9 Å². The van der Waals surface area contributed by atoms with Crippen LogP contribution in [-0.2, 0) is 0 Å². The highest BCUT2D eigenvalue weighted by atomic mass is 32.2. The van der Waals surface area contributed by atoms with Crippen molar-refractivity contribution in [2.75, 3.05) is 18.3 Å². The maximum absolute atomic E-state index is 5.38.